The molecule has 0 saturated carbocycles. The maximum atomic E-state index is 12.2. The lowest BCUT2D eigenvalue weighted by molar-refractivity contribution is 0.00858. The molecule has 18 heavy (non-hydrogen) atoms. The summed E-state index contributed by atoms with van der Waals surface area (Å²) in [7, 11) is 1.48. The molecule has 98 valence electrons. The Balaban J connectivity index is 2.11. The number of hydrogen-bond donors (Lipinski definition) is 1. The maximum Gasteiger partial charge on any atom is 0.260 e. The van der Waals surface area contributed by atoms with E-state index in [0.29, 0.717) is 30.4 Å². The van der Waals surface area contributed by atoms with Gasteiger partial charge in [-0.15, -0.1) is 0 Å². The van der Waals surface area contributed by atoms with Crippen molar-refractivity contribution in [2.75, 3.05) is 20.2 Å². The van der Waals surface area contributed by atoms with Gasteiger partial charge in [-0.3, -0.25) is 4.79 Å². The molecule has 1 atom stereocenters. The zero-order chi connectivity index (χ0) is 13.3. The molecule has 0 aromatic carbocycles. The Morgan fingerprint density at radius 3 is 2.83 bits per heavy atom. The van der Waals surface area contributed by atoms with E-state index >= 15 is 0 Å². The molecule has 1 aliphatic heterocycles. The van der Waals surface area contributed by atoms with Gasteiger partial charge in [0, 0.05) is 25.2 Å². The van der Waals surface area contributed by atoms with E-state index < -0.39 is 0 Å². The number of likely N-dealkylation sites (tertiary alicyclic amines) is 1. The van der Waals surface area contributed by atoms with Crippen molar-refractivity contribution < 1.29 is 14.6 Å². The number of methoxy groups -OCH3 is 1. The Morgan fingerprint density at radius 1 is 1.61 bits per heavy atom. The molecule has 1 amide bonds. The molecule has 2 rings (SSSR count). The summed E-state index contributed by atoms with van der Waals surface area (Å²) in [5.74, 6) is 0.872. The van der Waals surface area contributed by atoms with Crippen molar-refractivity contribution in [2.45, 2.75) is 20.0 Å². The number of aryl methyl sites for hydroxylation is 1. The van der Waals surface area contributed by atoms with Crippen LogP contribution >= 0.6 is 0 Å². The zero-order valence-electron chi connectivity index (χ0n) is 10.8. The lowest BCUT2D eigenvalue weighted by Crippen LogP contribution is -2.53. The molecule has 1 aromatic rings. The fourth-order valence-corrected chi connectivity index (χ4v) is 1.91. The Hall–Kier alpha value is -1.69. The average Bonchev–Trinajstić information content (AvgIpc) is 2.25. The molecule has 0 spiro atoms. The summed E-state index contributed by atoms with van der Waals surface area (Å²) in [6, 6.07) is 0. The summed E-state index contributed by atoms with van der Waals surface area (Å²) in [5.41, 5.74) is 0.368. The molecule has 1 aliphatic rings. The Kier molecular flexibility index (Phi) is 3.47. The van der Waals surface area contributed by atoms with Crippen LogP contribution in [0.2, 0.25) is 0 Å². The van der Waals surface area contributed by atoms with Gasteiger partial charge in [0.2, 0.25) is 5.88 Å². The Labute approximate surface area is 106 Å². The summed E-state index contributed by atoms with van der Waals surface area (Å²) in [6.07, 6.45) is 1.10. The number of nitrogens with zero attached hydrogens (tertiary/aromatic N) is 3. The quantitative estimate of drug-likeness (QED) is 0.833. The van der Waals surface area contributed by atoms with Crippen molar-refractivity contribution >= 4 is 5.91 Å². The summed E-state index contributed by atoms with van der Waals surface area (Å²) >= 11 is 0. The molecule has 6 heteroatoms. The lowest BCUT2D eigenvalue weighted by atomic mass is 9.94. The molecule has 2 heterocycles. The van der Waals surface area contributed by atoms with Crippen molar-refractivity contribution in [3.05, 3.63) is 17.6 Å². The minimum atomic E-state index is -0.384. The second kappa shape index (κ2) is 4.89. The predicted molar refractivity (Wildman–Crippen MR) is 64.4 cm³/mol. The second-order valence-corrected chi connectivity index (χ2v) is 4.55. The van der Waals surface area contributed by atoms with E-state index in [1.807, 2.05) is 0 Å². The highest BCUT2D eigenvalue weighted by molar-refractivity contribution is 5.96. The highest BCUT2D eigenvalue weighted by atomic mass is 16.5. The summed E-state index contributed by atoms with van der Waals surface area (Å²) in [5, 5.41) is 9.39. The van der Waals surface area contributed by atoms with Gasteiger partial charge in [-0.05, 0) is 13.8 Å². The number of aliphatic hydroxyl groups is 1. The lowest BCUT2D eigenvalue weighted by Gasteiger charge is -2.40. The molecule has 1 N–H and O–H groups in total. The minimum Gasteiger partial charge on any atom is -0.480 e. The van der Waals surface area contributed by atoms with Gasteiger partial charge in [0.1, 0.15) is 11.4 Å². The number of amides is 1. The largest absolute Gasteiger partial charge is 0.480 e. The molecule has 6 nitrogen and oxygen atoms in total. The van der Waals surface area contributed by atoms with Crippen LogP contribution in [-0.4, -0.2) is 52.2 Å². The number of ether oxygens (including phenoxy) is 1. The van der Waals surface area contributed by atoms with Gasteiger partial charge in [0.05, 0.1) is 13.2 Å². The number of carbonyl (C=O) groups is 1. The molecular formula is C12H17N3O3. The van der Waals surface area contributed by atoms with Gasteiger partial charge in [0.15, 0.2) is 0 Å². The van der Waals surface area contributed by atoms with E-state index in [-0.39, 0.29) is 17.9 Å². The van der Waals surface area contributed by atoms with Crippen molar-refractivity contribution in [3.8, 4) is 5.88 Å². The number of hydrogen-bond acceptors (Lipinski definition) is 5. The van der Waals surface area contributed by atoms with Crippen molar-refractivity contribution in [1.29, 1.82) is 0 Å². The van der Waals surface area contributed by atoms with E-state index in [0.717, 1.165) is 0 Å². The third kappa shape index (κ3) is 2.28. The van der Waals surface area contributed by atoms with Crippen LogP contribution in [-0.2, 0) is 0 Å². The summed E-state index contributed by atoms with van der Waals surface area (Å²) in [4.78, 5) is 21.9. The first-order valence-electron chi connectivity index (χ1n) is 5.88. The normalized spacial score (nSPS) is 17.2. The van der Waals surface area contributed by atoms with Gasteiger partial charge < -0.3 is 14.7 Å². The van der Waals surface area contributed by atoms with Crippen LogP contribution in [0.3, 0.4) is 0 Å². The summed E-state index contributed by atoms with van der Waals surface area (Å²) in [6.45, 7) is 4.60. The van der Waals surface area contributed by atoms with E-state index in [9.17, 15) is 9.90 Å². The first-order valence-corrected chi connectivity index (χ1v) is 5.88. The number of carbonyl (C=O) groups excluding carboxylic acids is 1. The fourth-order valence-electron chi connectivity index (χ4n) is 1.91. The third-order valence-electron chi connectivity index (χ3n) is 3.18. The molecule has 1 saturated heterocycles. The molecule has 1 aromatic heterocycles. The van der Waals surface area contributed by atoms with Gasteiger partial charge >= 0.3 is 0 Å². The van der Waals surface area contributed by atoms with Crippen LogP contribution < -0.4 is 4.74 Å². The standard InChI is InChI=1S/C12H17N3O3/c1-7(16)9-5-15(6-9)12(17)10-4-13-8(2)14-11(10)18-3/h4,7,9,16H,5-6H2,1-3H3/t7-/m0/s1. The topological polar surface area (TPSA) is 75.6 Å². The second-order valence-electron chi connectivity index (χ2n) is 4.55. The molecule has 1 fully saturated rings. The van der Waals surface area contributed by atoms with Crippen LogP contribution in [0.4, 0.5) is 0 Å². The van der Waals surface area contributed by atoms with Gasteiger partial charge in [-0.25, -0.2) is 4.98 Å². The smallest absolute Gasteiger partial charge is 0.260 e. The summed E-state index contributed by atoms with van der Waals surface area (Å²) < 4.78 is 5.09. The average molecular weight is 251 g/mol. The number of aliphatic hydroxyl groups excluding tert-OH is 1. The molecule has 0 bridgehead atoms. The molecular weight excluding hydrogens is 234 g/mol. The highest BCUT2D eigenvalue weighted by Gasteiger charge is 2.35. The molecule has 0 radical (unpaired) electrons. The minimum absolute atomic E-state index is 0.149. The van der Waals surface area contributed by atoms with E-state index in [1.165, 1.54) is 13.3 Å². The van der Waals surface area contributed by atoms with Crippen LogP contribution in [0, 0.1) is 12.8 Å². The predicted octanol–water partition coefficient (Wildman–Crippen LogP) is 0.246. The maximum absolute atomic E-state index is 12.2. The number of rotatable bonds is 3. The molecule has 0 aliphatic carbocycles. The van der Waals surface area contributed by atoms with Crippen LogP contribution in [0.15, 0.2) is 6.20 Å². The Morgan fingerprint density at radius 2 is 2.28 bits per heavy atom. The van der Waals surface area contributed by atoms with Crippen molar-refractivity contribution in [3.63, 3.8) is 0 Å². The first-order chi connectivity index (χ1) is 8.52. The van der Waals surface area contributed by atoms with Crippen molar-refractivity contribution in [2.24, 2.45) is 5.92 Å². The van der Waals surface area contributed by atoms with Gasteiger partial charge in [0.25, 0.3) is 5.91 Å². The monoisotopic (exact) mass is 251 g/mol. The fraction of sp³-hybridized carbons (Fsp3) is 0.583. The van der Waals surface area contributed by atoms with Gasteiger partial charge in [-0.2, -0.15) is 4.98 Å². The van der Waals surface area contributed by atoms with E-state index in [4.69, 9.17) is 4.74 Å². The van der Waals surface area contributed by atoms with Gasteiger partial charge in [-0.1, -0.05) is 0 Å². The highest BCUT2D eigenvalue weighted by Crippen LogP contribution is 2.24. The first kappa shape index (κ1) is 12.8. The van der Waals surface area contributed by atoms with E-state index in [1.54, 1.807) is 18.7 Å². The van der Waals surface area contributed by atoms with Crippen molar-refractivity contribution in [1.82, 2.24) is 14.9 Å². The SMILES string of the molecule is COc1nc(C)ncc1C(=O)N1CC([C@H](C)O)C1. The molecule has 0 unspecified atom stereocenters. The third-order valence-corrected chi connectivity index (χ3v) is 3.18. The van der Waals surface area contributed by atoms with Crippen LogP contribution in [0.1, 0.15) is 23.1 Å². The number of aromatic nitrogens is 2. The Bertz CT molecular complexity index is 456. The zero-order valence-corrected chi connectivity index (χ0v) is 10.8. The van der Waals surface area contributed by atoms with Crippen LogP contribution in [0.25, 0.3) is 0 Å². The van der Waals surface area contributed by atoms with Crippen LogP contribution in [0.5, 0.6) is 5.88 Å². The van der Waals surface area contributed by atoms with E-state index in [2.05, 4.69) is 9.97 Å².